The van der Waals surface area contributed by atoms with Gasteiger partial charge in [0.25, 0.3) is 11.9 Å². The number of halogens is 3. The molecule has 0 bridgehead atoms. The average Bonchev–Trinajstić information content (AvgIpc) is 1.84. The van der Waals surface area contributed by atoms with Gasteiger partial charge in [-0.2, -0.15) is 0 Å². The molecule has 1 saturated heterocycles. The number of aromatic hydroxyl groups is 1. The van der Waals surface area contributed by atoms with E-state index in [0.717, 1.165) is 86.7 Å². The number of hydrogen-bond donors (Lipinski definition) is 5. The van der Waals surface area contributed by atoms with Crippen LogP contribution in [0, 0.1) is 48.5 Å². The topological polar surface area (TPSA) is 290 Å². The van der Waals surface area contributed by atoms with E-state index in [1.54, 1.807) is 80.1 Å². The van der Waals surface area contributed by atoms with Crippen molar-refractivity contribution in [2.45, 2.75) is 100 Å². The summed E-state index contributed by atoms with van der Waals surface area (Å²) in [5, 5.41) is 12.2. The first kappa shape index (κ1) is 70.2. The lowest BCUT2D eigenvalue weighted by Gasteiger charge is -2.32. The van der Waals surface area contributed by atoms with E-state index in [-0.39, 0.29) is 30.0 Å². The monoisotopic (exact) mass is 1380 g/mol. The molecule has 91 heavy (non-hydrogen) atoms. The van der Waals surface area contributed by atoms with Gasteiger partial charge in [0.15, 0.2) is 34.4 Å². The Hall–Kier alpha value is -8.26. The highest BCUT2D eigenvalue weighted by Crippen LogP contribution is 2.37. The second kappa shape index (κ2) is 30.2. The molecule has 1 fully saturated rings. The number of phenols is 1. The Balaban J connectivity index is 0.000000163. The van der Waals surface area contributed by atoms with E-state index in [1.807, 2.05) is 124 Å². The molecule has 6 aromatic heterocycles. The number of pyridine rings is 3. The molecule has 5 aromatic carbocycles. The van der Waals surface area contributed by atoms with Crippen molar-refractivity contribution in [3.63, 3.8) is 0 Å². The van der Waals surface area contributed by atoms with Crippen molar-refractivity contribution in [2.75, 3.05) is 43.8 Å². The molecule has 1 amide bonds. The molecule has 1 aliphatic heterocycles. The van der Waals surface area contributed by atoms with Crippen LogP contribution in [0.25, 0.3) is 55.6 Å². The van der Waals surface area contributed by atoms with E-state index in [4.69, 9.17) is 70.7 Å². The highest BCUT2D eigenvalue weighted by Gasteiger charge is 2.51. The Morgan fingerprint density at radius 1 is 0.582 bits per heavy atom. The van der Waals surface area contributed by atoms with E-state index in [1.165, 1.54) is 26.9 Å². The Labute approximate surface area is 551 Å². The van der Waals surface area contributed by atoms with Crippen molar-refractivity contribution in [1.29, 1.82) is 0 Å². The molecular weight excluding hydrogens is 1310 g/mol. The van der Waals surface area contributed by atoms with Gasteiger partial charge in [-0.15, -0.1) is 0 Å². The van der Waals surface area contributed by atoms with Gasteiger partial charge in [-0.3, -0.25) is 4.79 Å². The van der Waals surface area contributed by atoms with Crippen molar-refractivity contribution in [1.82, 2.24) is 29.9 Å². The molecule has 0 spiro atoms. The molecule has 8 N–H and O–H groups in total. The number of nitrogens with two attached hydrogens (primary N) is 3. The van der Waals surface area contributed by atoms with E-state index in [9.17, 15) is 4.79 Å². The third-order valence-electron chi connectivity index (χ3n) is 14.7. The molecule has 24 heteroatoms. The number of oxazole rings is 3. The molecule has 11 aromatic rings. The summed E-state index contributed by atoms with van der Waals surface area (Å²) in [7, 11) is 4.20. The van der Waals surface area contributed by atoms with E-state index in [2.05, 4.69) is 74.0 Å². The zero-order valence-electron chi connectivity index (χ0n) is 53.4. The van der Waals surface area contributed by atoms with Gasteiger partial charge >= 0.3 is 7.12 Å². The van der Waals surface area contributed by atoms with Crippen molar-refractivity contribution >= 4 is 118 Å². The maximum absolute atomic E-state index is 12.3. The number of rotatable bonds is 8. The number of aryl methyl sites for hydroxylation is 7. The van der Waals surface area contributed by atoms with Gasteiger partial charge in [-0.25, -0.2) is 29.9 Å². The van der Waals surface area contributed by atoms with Crippen LogP contribution in [0.1, 0.15) is 84.9 Å². The molecule has 20 nitrogen and oxygen atoms in total. The van der Waals surface area contributed by atoms with Gasteiger partial charge in [0.1, 0.15) is 39.8 Å². The zero-order chi connectivity index (χ0) is 66.7. The molecule has 0 atom stereocenters. The minimum absolute atomic E-state index is 0.123. The predicted octanol–water partition coefficient (Wildman–Crippen LogP) is 15.3. The van der Waals surface area contributed by atoms with Crippen LogP contribution in [-0.2, 0) is 23.5 Å². The normalized spacial score (nSPS) is 12.9. The van der Waals surface area contributed by atoms with Crippen molar-refractivity contribution in [2.24, 2.45) is 0 Å². The van der Waals surface area contributed by atoms with Crippen LogP contribution in [-0.4, -0.2) is 86.5 Å². The fraction of sp³-hybridized carbons (Fsp3) is 0.269. The van der Waals surface area contributed by atoms with Crippen molar-refractivity contribution < 1.29 is 46.7 Å². The van der Waals surface area contributed by atoms with E-state index in [0.29, 0.717) is 51.4 Å². The summed E-state index contributed by atoms with van der Waals surface area (Å²) in [5.41, 5.74) is 31.1. The molecule has 0 aliphatic carbocycles. The Morgan fingerprint density at radius 3 is 1.45 bits per heavy atom. The largest absolute Gasteiger partial charge is 0.506 e. The Bertz CT molecular complexity index is 4180. The number of nitrogen functional groups attached to an aromatic ring is 3. The fourth-order valence-electron chi connectivity index (χ4n) is 8.68. The van der Waals surface area contributed by atoms with Crippen LogP contribution in [0.3, 0.4) is 0 Å². The number of carbonyl (C=O) groups excluding carboxylic acids is 1. The van der Waals surface area contributed by atoms with Crippen LogP contribution < -0.4 is 28.0 Å². The lowest BCUT2D eigenvalue weighted by Crippen LogP contribution is -2.41. The lowest BCUT2D eigenvalue weighted by atomic mass is 9.80. The number of ether oxygens (including phenoxy) is 3. The third kappa shape index (κ3) is 18.3. The summed E-state index contributed by atoms with van der Waals surface area (Å²) in [5.74, 6) is 2.45. The molecule has 0 radical (unpaired) electrons. The number of anilines is 4. The standard InChI is InChI=1S/C21H16ClN3O2.C14H13N3O.C11H17BN2O2.C9H8BrNO.C7H8BrNO.C5H12O3/c1-12-9-18-19(27-13(2)24-18)10-16(12)14-7-8-20(23-11-14)25-21(26)15-5-3-4-6-17(15)22;1-8-5-12-13(18-9(2)17-12)6-11(8)10-3-4-14(15)16-7-10;1-10(2)11(3,4)16-12(15-10)8-5-6-9(13)14-7-8;1-5-3-8-9(4-7(5)10)12-6(2)11-8;1-4-2-6(9)7(10)3-5(4)8;1-5(6-2,7-3)8-4/h3-11H,1-2H3,(H,23,25,26);3-7H,1-2H3,(H2,15,16);5-7H,1-4H3,(H2,13,14);3-4H,1-2H3;2-3,10H,9H2,1H3;1-4H3. The number of amides is 1. The van der Waals surface area contributed by atoms with Crippen LogP contribution in [0.4, 0.5) is 23.1 Å². The van der Waals surface area contributed by atoms with Crippen molar-refractivity contribution in [3.8, 4) is 28.0 Å². The van der Waals surface area contributed by atoms with Crippen LogP contribution in [0.2, 0.25) is 5.02 Å². The van der Waals surface area contributed by atoms with Gasteiger partial charge in [-0.05, 0) is 180 Å². The Kier molecular flexibility index (Phi) is 23.3. The average molecular weight is 1390 g/mol. The number of carbonyl (C=O) groups is 1. The number of phenolic OH excluding ortho intramolecular Hbond substituents is 1. The van der Waals surface area contributed by atoms with Gasteiger partial charge in [0, 0.05) is 93.2 Å². The highest BCUT2D eigenvalue weighted by molar-refractivity contribution is 9.10. The zero-order valence-corrected chi connectivity index (χ0v) is 57.3. The first-order valence-electron chi connectivity index (χ1n) is 28.4. The molecule has 7 heterocycles. The smallest absolute Gasteiger partial charge is 0.496 e. The van der Waals surface area contributed by atoms with Gasteiger partial charge in [0.05, 0.1) is 27.5 Å². The first-order chi connectivity index (χ1) is 42.9. The summed E-state index contributed by atoms with van der Waals surface area (Å²) in [6.07, 6.45) is 5.18. The third-order valence-corrected chi connectivity index (χ3v) is 16.8. The fourth-order valence-corrected chi connectivity index (χ4v) is 9.55. The highest BCUT2D eigenvalue weighted by atomic mass is 79.9. The summed E-state index contributed by atoms with van der Waals surface area (Å²) in [6.45, 7) is 23.3. The molecule has 12 rings (SSSR count). The van der Waals surface area contributed by atoms with E-state index >= 15 is 0 Å². The number of nitrogens with one attached hydrogen (secondary N) is 1. The number of aromatic nitrogens is 6. The van der Waals surface area contributed by atoms with Gasteiger partial charge < -0.3 is 64.4 Å². The first-order valence-corrected chi connectivity index (χ1v) is 30.4. The SMILES string of the molecule is CC1(C)OB(c2ccc(N)nc2)OC1(C)C.COC(C)(OC)OC.Cc1cc(N)c(O)cc1Br.Cc1nc2cc(C)c(-c3ccc(N)nc3)cc2o1.Cc1nc2cc(C)c(-c3ccc(NC(=O)c4ccccc4Cl)nc3)cc2o1.Cc1nc2cc(C)c(Br)cc2o1. The maximum Gasteiger partial charge on any atom is 0.496 e. The summed E-state index contributed by atoms with van der Waals surface area (Å²) < 4.78 is 44.6. The number of nitrogens with zero attached hydrogens (tertiary/aromatic N) is 6. The minimum atomic E-state index is -0.875. The predicted molar refractivity (Wildman–Crippen MR) is 367 cm³/mol. The minimum Gasteiger partial charge on any atom is -0.506 e. The number of methoxy groups -OCH3 is 3. The molecule has 0 saturated carbocycles. The molecule has 476 valence electrons. The molecule has 0 unspecified atom stereocenters. The second-order valence-corrected chi connectivity index (χ2v) is 24.2. The van der Waals surface area contributed by atoms with Gasteiger partial charge in [0.2, 0.25) is 0 Å². The maximum atomic E-state index is 12.3. The summed E-state index contributed by atoms with van der Waals surface area (Å²) in [4.78, 5) is 37.7. The number of benzene rings is 5. The second-order valence-electron chi connectivity index (χ2n) is 22.1. The van der Waals surface area contributed by atoms with Crippen LogP contribution >= 0.6 is 43.5 Å². The van der Waals surface area contributed by atoms with Gasteiger partial charge in [-0.1, -0.05) is 61.7 Å². The summed E-state index contributed by atoms with van der Waals surface area (Å²) in [6, 6.07) is 33.2. The molecule has 1 aliphatic rings. The quantitative estimate of drug-likeness (QED) is 0.0409. The number of fused-ring (bicyclic) bond motifs is 3. The lowest BCUT2D eigenvalue weighted by molar-refractivity contribution is -0.340. The summed E-state index contributed by atoms with van der Waals surface area (Å²) >= 11 is 12.8. The number of hydrogen-bond acceptors (Lipinski definition) is 19. The van der Waals surface area contributed by atoms with Crippen LogP contribution in [0.15, 0.2) is 150 Å². The molecular formula is C67H74BBr2ClN10O10. The van der Waals surface area contributed by atoms with Crippen LogP contribution in [0.5, 0.6) is 5.75 Å². The Morgan fingerprint density at radius 2 is 1.02 bits per heavy atom. The van der Waals surface area contributed by atoms with E-state index < -0.39 is 5.97 Å². The van der Waals surface area contributed by atoms with Crippen molar-refractivity contribution in [3.05, 3.63) is 187 Å².